The molecule has 0 aliphatic carbocycles. The van der Waals surface area contributed by atoms with Crippen molar-refractivity contribution in [2.75, 3.05) is 0 Å². The molecule has 0 saturated carbocycles. The molecule has 0 aromatic heterocycles. The van der Waals surface area contributed by atoms with Crippen LogP contribution >= 0.6 is 15.9 Å². The van der Waals surface area contributed by atoms with E-state index in [-0.39, 0.29) is 30.5 Å². The lowest BCUT2D eigenvalue weighted by Gasteiger charge is -2.11. The van der Waals surface area contributed by atoms with Crippen molar-refractivity contribution >= 4 is 21.8 Å². The van der Waals surface area contributed by atoms with Crippen molar-refractivity contribution in [3.05, 3.63) is 34.1 Å². The van der Waals surface area contributed by atoms with Gasteiger partial charge < -0.3 is 11.1 Å². The van der Waals surface area contributed by atoms with E-state index in [4.69, 9.17) is 5.73 Å². The summed E-state index contributed by atoms with van der Waals surface area (Å²) >= 11 is 3.26. The number of carbonyl (C=O) groups is 1. The summed E-state index contributed by atoms with van der Waals surface area (Å²) in [5.74, 6) is -0.539. The summed E-state index contributed by atoms with van der Waals surface area (Å²) < 4.78 is 14.2. The average molecular weight is 317 g/mol. The molecule has 5 nitrogen and oxygen atoms in total. The third kappa shape index (κ3) is 3.26. The lowest BCUT2D eigenvalue weighted by molar-refractivity contribution is -0.123. The Morgan fingerprint density at radius 2 is 2.33 bits per heavy atom. The Bertz CT molecular complexity index is 457. The van der Waals surface area contributed by atoms with Crippen LogP contribution in [0.25, 0.3) is 0 Å². The average Bonchev–Trinajstić information content (AvgIpc) is 2.77. The topological polar surface area (TPSA) is 79.2 Å². The number of hydrogen-bond donors (Lipinski definition) is 4. The Morgan fingerprint density at radius 1 is 1.56 bits per heavy atom. The number of nitrogens with two attached hydrogens (primary N) is 1. The first-order chi connectivity index (χ1) is 8.56. The highest BCUT2D eigenvalue weighted by Crippen LogP contribution is 2.15. The lowest BCUT2D eigenvalue weighted by Crippen LogP contribution is -2.43. The van der Waals surface area contributed by atoms with Crippen LogP contribution in [0.15, 0.2) is 22.7 Å². The van der Waals surface area contributed by atoms with E-state index in [0.29, 0.717) is 12.0 Å². The molecule has 0 bridgehead atoms. The lowest BCUT2D eigenvalue weighted by atomic mass is 10.1. The van der Waals surface area contributed by atoms with Gasteiger partial charge in [-0.05, 0) is 18.2 Å². The Balaban J connectivity index is 1.91. The van der Waals surface area contributed by atoms with E-state index in [1.807, 2.05) is 0 Å². The van der Waals surface area contributed by atoms with E-state index in [0.717, 1.165) is 4.47 Å². The van der Waals surface area contributed by atoms with Crippen molar-refractivity contribution in [3.63, 3.8) is 0 Å². The van der Waals surface area contributed by atoms with Crippen LogP contribution in [-0.2, 0) is 11.3 Å². The molecule has 1 aromatic carbocycles. The molecule has 1 aliphatic heterocycles. The minimum Gasteiger partial charge on any atom is -0.351 e. The highest BCUT2D eigenvalue weighted by atomic mass is 79.9. The molecule has 2 unspecified atom stereocenters. The van der Waals surface area contributed by atoms with Crippen LogP contribution in [0, 0.1) is 5.82 Å². The van der Waals surface area contributed by atoms with E-state index >= 15 is 0 Å². The smallest absolute Gasteiger partial charge is 0.238 e. The molecule has 7 heteroatoms. The first kappa shape index (κ1) is 13.4. The van der Waals surface area contributed by atoms with Gasteiger partial charge in [0.05, 0.1) is 6.17 Å². The van der Waals surface area contributed by atoms with Gasteiger partial charge in [-0.15, -0.1) is 0 Å². The zero-order valence-electron chi connectivity index (χ0n) is 9.54. The third-order valence-electron chi connectivity index (χ3n) is 2.71. The maximum atomic E-state index is 13.4. The molecule has 18 heavy (non-hydrogen) atoms. The molecule has 1 fully saturated rings. The molecule has 0 radical (unpaired) electrons. The van der Waals surface area contributed by atoms with Gasteiger partial charge in [0.1, 0.15) is 11.9 Å². The van der Waals surface area contributed by atoms with Gasteiger partial charge >= 0.3 is 0 Å². The van der Waals surface area contributed by atoms with Gasteiger partial charge in [0, 0.05) is 23.0 Å². The second-order valence-electron chi connectivity index (χ2n) is 4.14. The quantitative estimate of drug-likeness (QED) is 0.649. The summed E-state index contributed by atoms with van der Waals surface area (Å²) in [7, 11) is 0. The van der Waals surface area contributed by atoms with E-state index in [1.165, 1.54) is 6.07 Å². The number of amides is 1. The fourth-order valence-corrected chi connectivity index (χ4v) is 2.14. The maximum Gasteiger partial charge on any atom is 0.238 e. The number of hydrogen-bond acceptors (Lipinski definition) is 4. The first-order valence-corrected chi connectivity index (χ1v) is 6.34. The van der Waals surface area contributed by atoms with Gasteiger partial charge in [0.25, 0.3) is 0 Å². The maximum absolute atomic E-state index is 13.4. The van der Waals surface area contributed by atoms with Gasteiger partial charge in [-0.3, -0.25) is 4.79 Å². The van der Waals surface area contributed by atoms with E-state index < -0.39 is 0 Å². The zero-order valence-corrected chi connectivity index (χ0v) is 11.1. The molecular weight excluding hydrogens is 303 g/mol. The molecule has 2 atom stereocenters. The molecule has 98 valence electrons. The van der Waals surface area contributed by atoms with Crippen molar-refractivity contribution in [1.82, 2.24) is 16.2 Å². The summed E-state index contributed by atoms with van der Waals surface area (Å²) in [6.45, 7) is 0.150. The molecule has 2 rings (SSSR count). The standard InChI is InChI=1S/C11H14BrFN4O/c12-7-1-2-8(13)6(3-7)5-15-11(18)9-4-10(14)17-16-9/h1-3,9-10,16-17H,4-5,14H2,(H,15,18). The Hall–Kier alpha value is -1.02. The number of benzene rings is 1. The summed E-state index contributed by atoms with van der Waals surface area (Å²) in [5.41, 5.74) is 11.6. The van der Waals surface area contributed by atoms with Crippen LogP contribution in [0.3, 0.4) is 0 Å². The van der Waals surface area contributed by atoms with Gasteiger partial charge in [0.15, 0.2) is 0 Å². The molecule has 1 aromatic rings. The Kier molecular flexibility index (Phi) is 4.28. The highest BCUT2D eigenvalue weighted by Gasteiger charge is 2.26. The number of hydrazine groups is 1. The van der Waals surface area contributed by atoms with Crippen molar-refractivity contribution in [1.29, 1.82) is 0 Å². The van der Waals surface area contributed by atoms with Crippen molar-refractivity contribution < 1.29 is 9.18 Å². The number of carbonyl (C=O) groups excluding carboxylic acids is 1. The van der Waals surface area contributed by atoms with Crippen LogP contribution in [0.1, 0.15) is 12.0 Å². The second kappa shape index (κ2) is 5.75. The SMILES string of the molecule is NC1CC(C(=O)NCc2cc(Br)ccc2F)NN1. The number of nitrogens with one attached hydrogen (secondary N) is 3. The molecule has 1 aliphatic rings. The fourth-order valence-electron chi connectivity index (χ4n) is 1.74. The molecule has 0 spiro atoms. The molecule has 5 N–H and O–H groups in total. The predicted octanol–water partition coefficient (Wildman–Crippen LogP) is 0.356. The van der Waals surface area contributed by atoms with Crippen molar-refractivity contribution in [2.24, 2.45) is 5.73 Å². The fraction of sp³-hybridized carbons (Fsp3) is 0.364. The van der Waals surface area contributed by atoms with E-state index in [1.54, 1.807) is 12.1 Å². The van der Waals surface area contributed by atoms with Gasteiger partial charge in [-0.1, -0.05) is 15.9 Å². The third-order valence-corrected chi connectivity index (χ3v) is 3.20. The summed E-state index contributed by atoms with van der Waals surface area (Å²) in [4.78, 5) is 11.8. The summed E-state index contributed by atoms with van der Waals surface area (Å²) in [5, 5.41) is 2.67. The highest BCUT2D eigenvalue weighted by molar-refractivity contribution is 9.10. The largest absolute Gasteiger partial charge is 0.351 e. The van der Waals surface area contributed by atoms with E-state index in [9.17, 15) is 9.18 Å². The van der Waals surface area contributed by atoms with Crippen molar-refractivity contribution in [3.8, 4) is 0 Å². The van der Waals surface area contributed by atoms with E-state index in [2.05, 4.69) is 32.1 Å². The summed E-state index contributed by atoms with van der Waals surface area (Å²) in [6.07, 6.45) is 0.274. The summed E-state index contributed by atoms with van der Waals surface area (Å²) in [6, 6.07) is 4.23. The Labute approximate surface area is 112 Å². The molecule has 1 amide bonds. The Morgan fingerprint density at radius 3 is 3.00 bits per heavy atom. The van der Waals surface area contributed by atoms with Crippen LogP contribution in [0.2, 0.25) is 0 Å². The number of rotatable bonds is 3. The zero-order chi connectivity index (χ0) is 13.1. The monoisotopic (exact) mass is 316 g/mol. The first-order valence-electron chi connectivity index (χ1n) is 5.54. The van der Waals surface area contributed by atoms with Crippen LogP contribution < -0.4 is 21.9 Å². The molecular formula is C11H14BrFN4O. The normalized spacial score (nSPS) is 23.1. The molecule has 1 saturated heterocycles. The van der Waals surface area contributed by atoms with Gasteiger partial charge in [-0.25, -0.2) is 15.2 Å². The molecule has 1 heterocycles. The van der Waals surface area contributed by atoms with Gasteiger partial charge in [-0.2, -0.15) is 0 Å². The van der Waals surface area contributed by atoms with Crippen LogP contribution in [-0.4, -0.2) is 18.1 Å². The van der Waals surface area contributed by atoms with Crippen molar-refractivity contribution in [2.45, 2.75) is 25.2 Å². The van der Waals surface area contributed by atoms with Crippen LogP contribution in [0.4, 0.5) is 4.39 Å². The van der Waals surface area contributed by atoms with Crippen LogP contribution in [0.5, 0.6) is 0 Å². The minimum absolute atomic E-state index is 0.150. The predicted molar refractivity (Wildman–Crippen MR) is 68.6 cm³/mol. The van der Waals surface area contributed by atoms with Gasteiger partial charge in [0.2, 0.25) is 5.91 Å². The second-order valence-corrected chi connectivity index (χ2v) is 5.05. The minimum atomic E-state index is -0.379. The number of halogens is 2.